The van der Waals surface area contributed by atoms with Gasteiger partial charge in [0.25, 0.3) is 0 Å². The van der Waals surface area contributed by atoms with E-state index in [2.05, 4.69) is 6.58 Å². The highest BCUT2D eigenvalue weighted by Crippen LogP contribution is 2.28. The molecule has 3 heteroatoms. The van der Waals surface area contributed by atoms with Crippen LogP contribution in [0, 0.1) is 0 Å². The lowest BCUT2D eigenvalue weighted by molar-refractivity contribution is -0.136. The molecule has 0 fully saturated rings. The van der Waals surface area contributed by atoms with Gasteiger partial charge in [-0.05, 0) is 5.56 Å². The van der Waals surface area contributed by atoms with Crippen molar-refractivity contribution in [1.82, 2.24) is 0 Å². The van der Waals surface area contributed by atoms with Gasteiger partial charge in [-0.15, -0.1) is 18.3 Å². The van der Waals surface area contributed by atoms with Crippen molar-refractivity contribution in [1.29, 1.82) is 0 Å². The van der Waals surface area contributed by atoms with Gasteiger partial charge in [0.15, 0.2) is 0 Å². The number of hydrogen-bond acceptors (Lipinski definition) is 2. The Kier molecular flexibility index (Phi) is 4.26. The molecule has 1 atom stereocenters. The standard InChI is InChI=1S/C11H12O2S/c1-2-8-14-10(11(12)13)9-6-4-3-5-7-9/h2-7,10H,1,8H2,(H,12,13). The summed E-state index contributed by atoms with van der Waals surface area (Å²) in [6, 6.07) is 9.23. The third-order valence-electron chi connectivity index (χ3n) is 1.71. The van der Waals surface area contributed by atoms with Gasteiger partial charge in [0.2, 0.25) is 0 Å². The molecule has 1 aromatic carbocycles. The first-order valence-electron chi connectivity index (χ1n) is 4.26. The largest absolute Gasteiger partial charge is 0.480 e. The molecule has 1 N–H and O–H groups in total. The van der Waals surface area contributed by atoms with Gasteiger partial charge in [0.1, 0.15) is 5.25 Å². The molecule has 1 unspecified atom stereocenters. The van der Waals surface area contributed by atoms with E-state index >= 15 is 0 Å². The average molecular weight is 208 g/mol. The summed E-state index contributed by atoms with van der Waals surface area (Å²) >= 11 is 1.37. The third kappa shape index (κ3) is 2.92. The Morgan fingerprint density at radius 2 is 2.14 bits per heavy atom. The van der Waals surface area contributed by atoms with Crippen LogP contribution < -0.4 is 0 Å². The smallest absolute Gasteiger partial charge is 0.321 e. The zero-order chi connectivity index (χ0) is 10.4. The number of carboxylic acids is 1. The highest BCUT2D eigenvalue weighted by molar-refractivity contribution is 8.00. The molecule has 0 radical (unpaired) electrons. The van der Waals surface area contributed by atoms with Crippen molar-refractivity contribution in [3.63, 3.8) is 0 Å². The zero-order valence-corrected chi connectivity index (χ0v) is 8.54. The molecular formula is C11H12O2S. The molecule has 1 rings (SSSR count). The van der Waals surface area contributed by atoms with Crippen LogP contribution in [-0.2, 0) is 4.79 Å². The van der Waals surface area contributed by atoms with Gasteiger partial charge in [0, 0.05) is 5.75 Å². The predicted octanol–water partition coefficient (Wildman–Crippen LogP) is 2.73. The Bertz CT molecular complexity index is 308. The molecule has 2 nitrogen and oxygen atoms in total. The topological polar surface area (TPSA) is 37.3 Å². The maximum absolute atomic E-state index is 11.0. The second-order valence-electron chi connectivity index (χ2n) is 2.75. The molecule has 0 heterocycles. The lowest BCUT2D eigenvalue weighted by atomic mass is 10.1. The minimum Gasteiger partial charge on any atom is -0.480 e. The number of aliphatic carboxylic acids is 1. The van der Waals surface area contributed by atoms with E-state index in [0.29, 0.717) is 5.75 Å². The van der Waals surface area contributed by atoms with Crippen LogP contribution >= 0.6 is 11.8 Å². The average Bonchev–Trinajstić information content (AvgIpc) is 2.19. The Balaban J connectivity index is 2.78. The molecule has 0 saturated heterocycles. The van der Waals surface area contributed by atoms with E-state index in [1.807, 2.05) is 30.3 Å². The molecule has 14 heavy (non-hydrogen) atoms. The van der Waals surface area contributed by atoms with Gasteiger partial charge in [-0.1, -0.05) is 36.4 Å². The molecule has 0 aliphatic heterocycles. The van der Waals surface area contributed by atoms with Crippen LogP contribution in [0.2, 0.25) is 0 Å². The Morgan fingerprint density at radius 1 is 1.50 bits per heavy atom. The summed E-state index contributed by atoms with van der Waals surface area (Å²) in [4.78, 5) is 11.0. The Labute approximate surface area is 87.6 Å². The highest BCUT2D eigenvalue weighted by Gasteiger charge is 2.18. The van der Waals surface area contributed by atoms with Crippen LogP contribution in [-0.4, -0.2) is 16.8 Å². The summed E-state index contributed by atoms with van der Waals surface area (Å²) in [5.74, 6) is -0.158. The predicted molar refractivity (Wildman–Crippen MR) is 59.5 cm³/mol. The quantitative estimate of drug-likeness (QED) is 0.756. The summed E-state index contributed by atoms with van der Waals surface area (Å²) in [5, 5.41) is 8.51. The third-order valence-corrected chi connectivity index (χ3v) is 2.94. The lowest BCUT2D eigenvalue weighted by Crippen LogP contribution is -2.08. The van der Waals surface area contributed by atoms with Crippen molar-refractivity contribution in [2.45, 2.75) is 5.25 Å². The van der Waals surface area contributed by atoms with Crippen LogP contribution in [0.3, 0.4) is 0 Å². The van der Waals surface area contributed by atoms with Crippen molar-refractivity contribution < 1.29 is 9.90 Å². The van der Waals surface area contributed by atoms with Crippen LogP contribution in [0.1, 0.15) is 10.8 Å². The second kappa shape index (κ2) is 5.50. The van der Waals surface area contributed by atoms with E-state index in [4.69, 9.17) is 5.11 Å². The van der Waals surface area contributed by atoms with Crippen LogP contribution in [0.4, 0.5) is 0 Å². The molecule has 0 bridgehead atoms. The van der Waals surface area contributed by atoms with E-state index < -0.39 is 11.2 Å². The minimum atomic E-state index is -0.803. The summed E-state index contributed by atoms with van der Waals surface area (Å²) < 4.78 is 0. The molecule has 74 valence electrons. The van der Waals surface area contributed by atoms with E-state index in [0.717, 1.165) is 5.56 Å². The Morgan fingerprint density at radius 3 is 2.64 bits per heavy atom. The SMILES string of the molecule is C=CCSC(C(=O)O)c1ccccc1. The van der Waals surface area contributed by atoms with E-state index in [1.54, 1.807) is 6.08 Å². The molecule has 1 aromatic rings. The van der Waals surface area contributed by atoms with Gasteiger partial charge in [-0.25, -0.2) is 0 Å². The summed E-state index contributed by atoms with van der Waals surface area (Å²) in [5.41, 5.74) is 0.826. The molecular weight excluding hydrogens is 196 g/mol. The van der Waals surface area contributed by atoms with Gasteiger partial charge in [-0.2, -0.15) is 0 Å². The van der Waals surface area contributed by atoms with Crippen LogP contribution in [0.5, 0.6) is 0 Å². The van der Waals surface area contributed by atoms with Gasteiger partial charge >= 0.3 is 5.97 Å². The van der Waals surface area contributed by atoms with E-state index in [-0.39, 0.29) is 0 Å². The molecule has 0 aliphatic rings. The fourth-order valence-corrected chi connectivity index (χ4v) is 1.92. The molecule has 0 amide bonds. The van der Waals surface area contributed by atoms with Crippen molar-refractivity contribution in [3.8, 4) is 0 Å². The summed E-state index contributed by atoms with van der Waals surface area (Å²) in [6.45, 7) is 3.57. The molecule has 0 aromatic heterocycles. The van der Waals surface area contributed by atoms with E-state index in [1.165, 1.54) is 11.8 Å². The number of hydrogen-bond donors (Lipinski definition) is 1. The van der Waals surface area contributed by atoms with Crippen LogP contribution in [0.25, 0.3) is 0 Å². The summed E-state index contributed by atoms with van der Waals surface area (Å²) in [7, 11) is 0. The fraction of sp³-hybridized carbons (Fsp3) is 0.182. The summed E-state index contributed by atoms with van der Waals surface area (Å²) in [6.07, 6.45) is 1.71. The fourth-order valence-electron chi connectivity index (χ4n) is 1.10. The highest BCUT2D eigenvalue weighted by atomic mass is 32.2. The number of rotatable bonds is 5. The number of thioether (sulfide) groups is 1. The lowest BCUT2D eigenvalue weighted by Gasteiger charge is -2.10. The Hall–Kier alpha value is -1.22. The van der Waals surface area contributed by atoms with Gasteiger partial charge in [-0.3, -0.25) is 4.79 Å². The number of carbonyl (C=O) groups is 1. The normalized spacial score (nSPS) is 12.0. The second-order valence-corrected chi connectivity index (χ2v) is 3.89. The molecule has 0 saturated carbocycles. The first-order valence-corrected chi connectivity index (χ1v) is 5.31. The maximum Gasteiger partial charge on any atom is 0.321 e. The number of carboxylic acid groups (broad SMARTS) is 1. The maximum atomic E-state index is 11.0. The van der Waals surface area contributed by atoms with Crippen LogP contribution in [0.15, 0.2) is 43.0 Å². The van der Waals surface area contributed by atoms with Crippen molar-refractivity contribution >= 4 is 17.7 Å². The molecule has 0 spiro atoms. The molecule has 0 aliphatic carbocycles. The first kappa shape index (κ1) is 10.9. The van der Waals surface area contributed by atoms with Crippen molar-refractivity contribution in [2.75, 3.05) is 5.75 Å². The first-order chi connectivity index (χ1) is 6.75. The van der Waals surface area contributed by atoms with Gasteiger partial charge < -0.3 is 5.11 Å². The number of benzene rings is 1. The van der Waals surface area contributed by atoms with Gasteiger partial charge in [0.05, 0.1) is 0 Å². The van der Waals surface area contributed by atoms with Crippen molar-refractivity contribution in [3.05, 3.63) is 48.6 Å². The minimum absolute atomic E-state index is 0.491. The van der Waals surface area contributed by atoms with Crippen molar-refractivity contribution in [2.24, 2.45) is 0 Å². The monoisotopic (exact) mass is 208 g/mol. The van der Waals surface area contributed by atoms with E-state index in [9.17, 15) is 4.79 Å². The zero-order valence-electron chi connectivity index (χ0n) is 7.72.